The van der Waals surface area contributed by atoms with E-state index in [0.29, 0.717) is 12.1 Å². The highest BCUT2D eigenvalue weighted by Gasteiger charge is 2.02. The Morgan fingerprint density at radius 2 is 2.09 bits per heavy atom. The minimum Gasteiger partial charge on any atom is -0.353 e. The van der Waals surface area contributed by atoms with Crippen molar-refractivity contribution in [3.8, 4) is 0 Å². The maximum Gasteiger partial charge on any atom is 0.246 e. The molecule has 0 radical (unpaired) electrons. The molecule has 0 saturated carbocycles. The number of likely N-dealkylation sites (N-methyl/N-ethyl adjacent to an activating group) is 1. The molecule has 0 aliphatic rings. The molecule has 0 unspecified atom stereocenters. The highest BCUT2D eigenvalue weighted by Crippen LogP contribution is 2.03. The fourth-order valence-corrected chi connectivity index (χ4v) is 0.789. The van der Waals surface area contributed by atoms with E-state index in [4.69, 9.17) is 0 Å². The largest absolute Gasteiger partial charge is 0.353 e. The molecular formula is C9H17NO. The predicted molar refractivity (Wildman–Crippen MR) is 47.3 cm³/mol. The van der Waals surface area contributed by atoms with Crippen molar-refractivity contribution < 1.29 is 4.79 Å². The van der Waals surface area contributed by atoms with E-state index >= 15 is 0 Å². The molecule has 0 heterocycles. The van der Waals surface area contributed by atoms with Gasteiger partial charge in [-0.05, 0) is 19.8 Å². The second-order valence-electron chi connectivity index (χ2n) is 2.57. The van der Waals surface area contributed by atoms with Crippen molar-refractivity contribution in [1.82, 2.24) is 5.32 Å². The topological polar surface area (TPSA) is 29.1 Å². The summed E-state index contributed by atoms with van der Waals surface area (Å²) in [6, 6.07) is 0. The monoisotopic (exact) mass is 155 g/mol. The highest BCUT2D eigenvalue weighted by molar-refractivity contribution is 5.92. The Bertz CT molecular complexity index is 140. The molecular weight excluding hydrogens is 138 g/mol. The second-order valence-corrected chi connectivity index (χ2v) is 2.57. The summed E-state index contributed by atoms with van der Waals surface area (Å²) in [7, 11) is 0. The van der Waals surface area contributed by atoms with Crippen molar-refractivity contribution in [2.24, 2.45) is 0 Å². The van der Waals surface area contributed by atoms with Gasteiger partial charge >= 0.3 is 0 Å². The quantitative estimate of drug-likeness (QED) is 0.603. The smallest absolute Gasteiger partial charge is 0.246 e. The van der Waals surface area contributed by atoms with Crippen LogP contribution < -0.4 is 5.32 Å². The minimum absolute atomic E-state index is 0.000880. The molecule has 2 nitrogen and oxygen atoms in total. The summed E-state index contributed by atoms with van der Waals surface area (Å²) in [5.41, 5.74) is 0.703. The van der Waals surface area contributed by atoms with Gasteiger partial charge in [0.1, 0.15) is 0 Å². The molecule has 0 saturated heterocycles. The third-order valence-electron chi connectivity index (χ3n) is 1.49. The molecule has 0 aromatic heterocycles. The van der Waals surface area contributed by atoms with Crippen LogP contribution in [0, 0.1) is 0 Å². The highest BCUT2D eigenvalue weighted by atomic mass is 16.1. The van der Waals surface area contributed by atoms with E-state index in [2.05, 4.69) is 18.8 Å². The summed E-state index contributed by atoms with van der Waals surface area (Å²) in [4.78, 5) is 11.0. The molecule has 2 heteroatoms. The van der Waals surface area contributed by atoms with Crippen molar-refractivity contribution in [2.75, 3.05) is 6.54 Å². The van der Waals surface area contributed by atoms with Crippen LogP contribution in [0.3, 0.4) is 0 Å². The van der Waals surface area contributed by atoms with Crippen LogP contribution in [0.25, 0.3) is 0 Å². The SMILES string of the molecule is C=C(CCCC)C(=O)NCC. The predicted octanol–water partition coefficient (Wildman–Crippen LogP) is 1.87. The lowest BCUT2D eigenvalue weighted by molar-refractivity contribution is -0.117. The van der Waals surface area contributed by atoms with Crippen LogP contribution in [0.2, 0.25) is 0 Å². The van der Waals surface area contributed by atoms with Gasteiger partial charge in [0.25, 0.3) is 0 Å². The first-order valence-corrected chi connectivity index (χ1v) is 4.18. The fourth-order valence-electron chi connectivity index (χ4n) is 0.789. The Labute approximate surface area is 68.7 Å². The van der Waals surface area contributed by atoms with E-state index in [0.717, 1.165) is 19.3 Å². The first kappa shape index (κ1) is 10.2. The van der Waals surface area contributed by atoms with Gasteiger partial charge in [0.2, 0.25) is 5.91 Å². The average Bonchev–Trinajstić information content (AvgIpc) is 2.00. The molecule has 64 valence electrons. The van der Waals surface area contributed by atoms with Gasteiger partial charge < -0.3 is 5.32 Å². The van der Waals surface area contributed by atoms with Crippen LogP contribution >= 0.6 is 0 Å². The number of carbonyl (C=O) groups excluding carboxylic acids is 1. The van der Waals surface area contributed by atoms with Gasteiger partial charge in [-0.25, -0.2) is 0 Å². The molecule has 1 amide bonds. The molecule has 11 heavy (non-hydrogen) atoms. The van der Waals surface area contributed by atoms with E-state index in [1.165, 1.54) is 0 Å². The maximum atomic E-state index is 11.0. The van der Waals surface area contributed by atoms with Crippen molar-refractivity contribution >= 4 is 5.91 Å². The third kappa shape index (κ3) is 4.59. The molecule has 0 aliphatic carbocycles. The van der Waals surface area contributed by atoms with Crippen molar-refractivity contribution in [3.05, 3.63) is 12.2 Å². The van der Waals surface area contributed by atoms with Gasteiger partial charge in [-0.3, -0.25) is 4.79 Å². The first-order valence-electron chi connectivity index (χ1n) is 4.18. The molecule has 1 N–H and O–H groups in total. The second kappa shape index (κ2) is 5.96. The van der Waals surface area contributed by atoms with Gasteiger partial charge in [0.15, 0.2) is 0 Å². The number of carbonyl (C=O) groups is 1. The Balaban J connectivity index is 3.56. The average molecular weight is 155 g/mol. The Morgan fingerprint density at radius 1 is 1.45 bits per heavy atom. The molecule has 0 spiro atoms. The summed E-state index contributed by atoms with van der Waals surface area (Å²) in [5, 5.41) is 2.72. The zero-order chi connectivity index (χ0) is 8.69. The van der Waals surface area contributed by atoms with E-state index < -0.39 is 0 Å². The molecule has 0 aromatic carbocycles. The molecule has 0 fully saturated rings. The van der Waals surface area contributed by atoms with Gasteiger partial charge in [-0.1, -0.05) is 19.9 Å². The Kier molecular flexibility index (Phi) is 5.53. The Morgan fingerprint density at radius 3 is 2.55 bits per heavy atom. The summed E-state index contributed by atoms with van der Waals surface area (Å²) in [6.45, 7) is 8.39. The standard InChI is InChI=1S/C9H17NO/c1-4-6-7-8(3)9(11)10-5-2/h3-7H2,1-2H3,(H,10,11). The Hall–Kier alpha value is -0.790. The summed E-state index contributed by atoms with van der Waals surface area (Å²) < 4.78 is 0. The number of hydrogen-bond donors (Lipinski definition) is 1. The zero-order valence-electron chi connectivity index (χ0n) is 7.44. The van der Waals surface area contributed by atoms with Crippen LogP contribution in [0.15, 0.2) is 12.2 Å². The number of rotatable bonds is 5. The van der Waals surface area contributed by atoms with Crippen LogP contribution in [-0.4, -0.2) is 12.5 Å². The maximum absolute atomic E-state index is 11.0. The van der Waals surface area contributed by atoms with Crippen molar-refractivity contribution in [3.63, 3.8) is 0 Å². The molecule has 0 aromatic rings. The van der Waals surface area contributed by atoms with Crippen LogP contribution in [-0.2, 0) is 4.79 Å². The lowest BCUT2D eigenvalue weighted by Gasteiger charge is -2.03. The van der Waals surface area contributed by atoms with Crippen molar-refractivity contribution in [2.45, 2.75) is 33.1 Å². The first-order chi connectivity index (χ1) is 5.22. The molecule has 0 atom stereocenters. The number of unbranched alkanes of at least 4 members (excludes halogenated alkanes) is 1. The zero-order valence-corrected chi connectivity index (χ0v) is 7.44. The van der Waals surface area contributed by atoms with Gasteiger partial charge in [0.05, 0.1) is 0 Å². The molecule has 0 bridgehead atoms. The fraction of sp³-hybridized carbons (Fsp3) is 0.667. The third-order valence-corrected chi connectivity index (χ3v) is 1.49. The van der Waals surface area contributed by atoms with Crippen LogP contribution in [0.1, 0.15) is 33.1 Å². The number of amides is 1. The van der Waals surface area contributed by atoms with Crippen molar-refractivity contribution in [1.29, 1.82) is 0 Å². The summed E-state index contributed by atoms with van der Waals surface area (Å²) in [5.74, 6) is 0.000880. The number of hydrogen-bond acceptors (Lipinski definition) is 1. The normalized spacial score (nSPS) is 9.27. The van der Waals surface area contributed by atoms with E-state index in [9.17, 15) is 4.79 Å². The summed E-state index contributed by atoms with van der Waals surface area (Å²) in [6.07, 6.45) is 2.98. The summed E-state index contributed by atoms with van der Waals surface area (Å²) >= 11 is 0. The van der Waals surface area contributed by atoms with E-state index in [1.807, 2.05) is 6.92 Å². The van der Waals surface area contributed by atoms with E-state index in [-0.39, 0.29) is 5.91 Å². The van der Waals surface area contributed by atoms with E-state index in [1.54, 1.807) is 0 Å². The van der Waals surface area contributed by atoms with Crippen LogP contribution in [0.4, 0.5) is 0 Å². The van der Waals surface area contributed by atoms with Gasteiger partial charge in [-0.15, -0.1) is 0 Å². The number of nitrogens with one attached hydrogen (secondary N) is 1. The lowest BCUT2D eigenvalue weighted by atomic mass is 10.1. The molecule has 0 rings (SSSR count). The lowest BCUT2D eigenvalue weighted by Crippen LogP contribution is -2.23. The minimum atomic E-state index is 0.000880. The van der Waals surface area contributed by atoms with Gasteiger partial charge in [-0.2, -0.15) is 0 Å². The molecule has 0 aliphatic heterocycles. The van der Waals surface area contributed by atoms with Gasteiger partial charge in [0, 0.05) is 12.1 Å². The van der Waals surface area contributed by atoms with Crippen LogP contribution in [0.5, 0.6) is 0 Å².